The minimum Gasteiger partial charge on any atom is -0.333 e. The summed E-state index contributed by atoms with van der Waals surface area (Å²) in [4.78, 5) is 38.1. The fourth-order valence-electron chi connectivity index (χ4n) is 2.02. The number of amides is 4. The standard InChI is InChI=1S/C17H26N4O3S/c1-17(2,3)20-16(24)19-15(23)11-21(4)10-14(22)18-12-8-6-7-9-13(12)25-5/h6-9H,10-11H2,1-5H3,(H,18,22)(H2,19,20,23,24). The molecule has 0 saturated heterocycles. The maximum atomic E-state index is 12.1. The number of hydrogen-bond acceptors (Lipinski definition) is 5. The van der Waals surface area contributed by atoms with Crippen LogP contribution in [0.2, 0.25) is 0 Å². The molecular formula is C17H26N4O3S. The zero-order valence-electron chi connectivity index (χ0n) is 15.3. The highest BCUT2D eigenvalue weighted by molar-refractivity contribution is 7.98. The van der Waals surface area contributed by atoms with Crippen molar-refractivity contribution < 1.29 is 14.4 Å². The first kappa shape index (κ1) is 21.0. The van der Waals surface area contributed by atoms with E-state index in [1.54, 1.807) is 18.8 Å². The van der Waals surface area contributed by atoms with Gasteiger partial charge in [-0.15, -0.1) is 11.8 Å². The van der Waals surface area contributed by atoms with Gasteiger partial charge >= 0.3 is 6.03 Å². The molecule has 7 nitrogen and oxygen atoms in total. The zero-order valence-corrected chi connectivity index (χ0v) is 16.1. The van der Waals surface area contributed by atoms with Crippen molar-refractivity contribution in [3.63, 3.8) is 0 Å². The molecule has 25 heavy (non-hydrogen) atoms. The minimum atomic E-state index is -0.552. The van der Waals surface area contributed by atoms with Crippen molar-refractivity contribution in [1.29, 1.82) is 0 Å². The second kappa shape index (κ2) is 9.43. The third kappa shape index (κ3) is 8.55. The number of anilines is 1. The summed E-state index contributed by atoms with van der Waals surface area (Å²) >= 11 is 1.54. The van der Waals surface area contributed by atoms with E-state index < -0.39 is 17.5 Å². The molecule has 1 rings (SSSR count). The Labute approximate surface area is 152 Å². The van der Waals surface area contributed by atoms with E-state index in [9.17, 15) is 14.4 Å². The molecule has 1 aromatic rings. The molecular weight excluding hydrogens is 340 g/mol. The van der Waals surface area contributed by atoms with Gasteiger partial charge in [-0.05, 0) is 46.2 Å². The van der Waals surface area contributed by atoms with E-state index in [1.807, 2.05) is 51.3 Å². The summed E-state index contributed by atoms with van der Waals surface area (Å²) in [6, 6.07) is 6.95. The van der Waals surface area contributed by atoms with E-state index in [0.29, 0.717) is 0 Å². The fourth-order valence-corrected chi connectivity index (χ4v) is 2.58. The van der Waals surface area contributed by atoms with Gasteiger partial charge < -0.3 is 10.6 Å². The Morgan fingerprint density at radius 2 is 1.68 bits per heavy atom. The average Bonchev–Trinajstić information content (AvgIpc) is 2.44. The molecule has 0 radical (unpaired) electrons. The molecule has 0 heterocycles. The average molecular weight is 366 g/mol. The molecule has 138 valence electrons. The van der Waals surface area contributed by atoms with Gasteiger partial charge in [0.2, 0.25) is 11.8 Å². The van der Waals surface area contributed by atoms with E-state index in [2.05, 4.69) is 16.0 Å². The summed E-state index contributed by atoms with van der Waals surface area (Å²) in [6.07, 6.45) is 1.93. The number of hydrogen-bond donors (Lipinski definition) is 3. The first-order valence-electron chi connectivity index (χ1n) is 7.84. The van der Waals surface area contributed by atoms with Crippen molar-refractivity contribution in [2.75, 3.05) is 31.7 Å². The van der Waals surface area contributed by atoms with Gasteiger partial charge in [-0.3, -0.25) is 19.8 Å². The first-order valence-corrected chi connectivity index (χ1v) is 9.06. The van der Waals surface area contributed by atoms with Gasteiger partial charge in [-0.25, -0.2) is 4.79 Å². The summed E-state index contributed by atoms with van der Waals surface area (Å²) in [5, 5.41) is 7.71. The van der Waals surface area contributed by atoms with Crippen LogP contribution in [-0.4, -0.2) is 54.7 Å². The number of benzene rings is 1. The van der Waals surface area contributed by atoms with Gasteiger partial charge in [0.1, 0.15) is 0 Å². The SMILES string of the molecule is CSc1ccccc1NC(=O)CN(C)CC(=O)NC(=O)NC(C)(C)C. The van der Waals surface area contributed by atoms with Gasteiger partial charge in [0.05, 0.1) is 18.8 Å². The molecule has 0 spiro atoms. The molecule has 0 bridgehead atoms. The Morgan fingerprint density at radius 1 is 1.08 bits per heavy atom. The highest BCUT2D eigenvalue weighted by atomic mass is 32.2. The zero-order chi connectivity index (χ0) is 19.0. The van der Waals surface area contributed by atoms with E-state index in [-0.39, 0.29) is 19.0 Å². The fraction of sp³-hybridized carbons (Fsp3) is 0.471. The Bertz CT molecular complexity index is 629. The van der Waals surface area contributed by atoms with Crippen molar-refractivity contribution >= 4 is 35.3 Å². The molecule has 0 aliphatic rings. The monoisotopic (exact) mass is 366 g/mol. The van der Waals surface area contributed by atoms with Crippen LogP contribution in [0.5, 0.6) is 0 Å². The quantitative estimate of drug-likeness (QED) is 0.669. The number of carbonyl (C=O) groups excluding carboxylic acids is 3. The maximum Gasteiger partial charge on any atom is 0.321 e. The van der Waals surface area contributed by atoms with Crippen molar-refractivity contribution in [2.24, 2.45) is 0 Å². The number of nitrogens with one attached hydrogen (secondary N) is 3. The molecule has 1 aromatic carbocycles. The highest BCUT2D eigenvalue weighted by Crippen LogP contribution is 2.24. The molecule has 0 aliphatic heterocycles. The molecule has 0 atom stereocenters. The third-order valence-electron chi connectivity index (χ3n) is 2.95. The van der Waals surface area contributed by atoms with Crippen molar-refractivity contribution in [3.05, 3.63) is 24.3 Å². The largest absolute Gasteiger partial charge is 0.333 e. The number of para-hydroxylation sites is 1. The smallest absolute Gasteiger partial charge is 0.321 e. The molecule has 0 aliphatic carbocycles. The molecule has 8 heteroatoms. The molecule has 0 saturated carbocycles. The highest BCUT2D eigenvalue weighted by Gasteiger charge is 2.17. The summed E-state index contributed by atoms with van der Waals surface area (Å²) in [6.45, 7) is 5.44. The van der Waals surface area contributed by atoms with Gasteiger partial charge in [0, 0.05) is 10.4 Å². The van der Waals surface area contributed by atoms with Gasteiger partial charge in [-0.1, -0.05) is 12.1 Å². The Morgan fingerprint density at radius 3 is 2.28 bits per heavy atom. The molecule has 4 amide bonds. The van der Waals surface area contributed by atoms with Crippen LogP contribution in [0.3, 0.4) is 0 Å². The van der Waals surface area contributed by atoms with Crippen molar-refractivity contribution in [1.82, 2.24) is 15.5 Å². The van der Waals surface area contributed by atoms with Crippen LogP contribution in [0.15, 0.2) is 29.2 Å². The van der Waals surface area contributed by atoms with Crippen LogP contribution in [0, 0.1) is 0 Å². The molecule has 3 N–H and O–H groups in total. The topological polar surface area (TPSA) is 90.5 Å². The minimum absolute atomic E-state index is 0.0387. The van der Waals surface area contributed by atoms with E-state index in [4.69, 9.17) is 0 Å². The molecule has 0 aromatic heterocycles. The van der Waals surface area contributed by atoms with Crippen molar-refractivity contribution in [3.8, 4) is 0 Å². The van der Waals surface area contributed by atoms with Crippen LogP contribution in [0.25, 0.3) is 0 Å². The van der Waals surface area contributed by atoms with Gasteiger partial charge in [-0.2, -0.15) is 0 Å². The second-order valence-electron chi connectivity index (χ2n) is 6.67. The van der Waals surface area contributed by atoms with Crippen molar-refractivity contribution in [2.45, 2.75) is 31.2 Å². The number of thioether (sulfide) groups is 1. The van der Waals surface area contributed by atoms with Crippen LogP contribution < -0.4 is 16.0 Å². The summed E-state index contributed by atoms with van der Waals surface area (Å²) in [5.74, 6) is -0.697. The lowest BCUT2D eigenvalue weighted by Crippen LogP contribution is -2.50. The predicted octanol–water partition coefficient (Wildman–Crippen LogP) is 1.90. The van der Waals surface area contributed by atoms with E-state index in [0.717, 1.165) is 10.6 Å². The lowest BCUT2D eigenvalue weighted by atomic mass is 10.1. The van der Waals surface area contributed by atoms with Crippen LogP contribution >= 0.6 is 11.8 Å². The number of imide groups is 1. The van der Waals surface area contributed by atoms with Crippen LogP contribution in [-0.2, 0) is 9.59 Å². The summed E-state index contributed by atoms with van der Waals surface area (Å²) in [5.41, 5.74) is 0.309. The number of nitrogens with zero attached hydrogens (tertiary/aromatic N) is 1. The normalized spacial score (nSPS) is 11.1. The molecule has 0 fully saturated rings. The first-order chi connectivity index (χ1) is 11.6. The number of carbonyl (C=O) groups is 3. The van der Waals surface area contributed by atoms with E-state index in [1.165, 1.54) is 4.90 Å². The maximum absolute atomic E-state index is 12.1. The number of urea groups is 1. The third-order valence-corrected chi connectivity index (χ3v) is 3.75. The number of likely N-dealkylation sites (N-methyl/N-ethyl adjacent to an activating group) is 1. The lowest BCUT2D eigenvalue weighted by Gasteiger charge is -2.21. The van der Waals surface area contributed by atoms with Crippen LogP contribution in [0.4, 0.5) is 10.5 Å². The summed E-state index contributed by atoms with van der Waals surface area (Å²) < 4.78 is 0. The Balaban J connectivity index is 2.45. The Kier molecular flexibility index (Phi) is 7.92. The Hall–Kier alpha value is -2.06. The van der Waals surface area contributed by atoms with Gasteiger partial charge in [0.25, 0.3) is 0 Å². The lowest BCUT2D eigenvalue weighted by molar-refractivity contribution is -0.122. The predicted molar refractivity (Wildman–Crippen MR) is 101 cm³/mol. The van der Waals surface area contributed by atoms with E-state index >= 15 is 0 Å². The molecule has 0 unspecified atom stereocenters. The second-order valence-corrected chi connectivity index (χ2v) is 7.52. The van der Waals surface area contributed by atoms with Gasteiger partial charge in [0.15, 0.2) is 0 Å². The number of rotatable bonds is 6. The van der Waals surface area contributed by atoms with Crippen LogP contribution in [0.1, 0.15) is 20.8 Å². The summed E-state index contributed by atoms with van der Waals surface area (Å²) in [7, 11) is 1.64.